The Bertz CT molecular complexity index is 930. The average Bonchev–Trinajstić information content (AvgIpc) is 2.63. The van der Waals surface area contributed by atoms with Crippen molar-refractivity contribution in [3.8, 4) is 17.3 Å². The lowest BCUT2D eigenvalue weighted by atomic mass is 10.1. The largest absolute Gasteiger partial charge is 0.321 e. The predicted octanol–water partition coefficient (Wildman–Crippen LogP) is 4.53. The van der Waals surface area contributed by atoms with E-state index in [0.717, 1.165) is 5.56 Å². The van der Waals surface area contributed by atoms with Crippen LogP contribution in [0, 0.1) is 11.3 Å². The van der Waals surface area contributed by atoms with Crippen LogP contribution in [-0.2, 0) is 0 Å². The summed E-state index contributed by atoms with van der Waals surface area (Å²) in [7, 11) is 0. The lowest BCUT2D eigenvalue weighted by Gasteiger charge is -2.08. The molecule has 1 heterocycles. The van der Waals surface area contributed by atoms with Crippen LogP contribution in [0.2, 0.25) is 5.02 Å². The Morgan fingerprint density at radius 3 is 2.50 bits per heavy atom. The number of carbonyl (C=O) groups is 1. The minimum Gasteiger partial charge on any atom is -0.321 e. The van der Waals surface area contributed by atoms with E-state index in [4.69, 9.17) is 16.9 Å². The van der Waals surface area contributed by atoms with Gasteiger partial charge in [0.05, 0.1) is 22.0 Å². The summed E-state index contributed by atoms with van der Waals surface area (Å²) in [6, 6.07) is 19.4. The van der Waals surface area contributed by atoms with Gasteiger partial charge in [0, 0.05) is 17.3 Å². The number of benzene rings is 2. The zero-order chi connectivity index (χ0) is 16.9. The maximum atomic E-state index is 12.3. The summed E-state index contributed by atoms with van der Waals surface area (Å²) in [6.45, 7) is 0. The van der Waals surface area contributed by atoms with Crippen LogP contribution in [-0.4, -0.2) is 10.9 Å². The summed E-state index contributed by atoms with van der Waals surface area (Å²) >= 11 is 6.13. The number of nitrogens with zero attached hydrogens (tertiary/aromatic N) is 2. The molecular weight excluding hydrogens is 322 g/mol. The number of hydrogen-bond acceptors (Lipinski definition) is 3. The highest BCUT2D eigenvalue weighted by atomic mass is 35.5. The smallest absolute Gasteiger partial charge is 0.255 e. The number of halogens is 1. The number of hydrogen-bond donors (Lipinski definition) is 1. The standard InChI is InChI=1S/C19H12ClN3O/c20-16-5-3-11-22-18(16)13-7-9-14(10-8-13)19(24)23-17-6-2-1-4-15(17)12-21/h1-11H,(H,23,24). The number of pyridine rings is 1. The quantitative estimate of drug-likeness (QED) is 0.766. The molecule has 116 valence electrons. The Morgan fingerprint density at radius 1 is 1.04 bits per heavy atom. The fourth-order valence-electron chi connectivity index (χ4n) is 2.26. The normalized spacial score (nSPS) is 10.0. The summed E-state index contributed by atoms with van der Waals surface area (Å²) in [4.78, 5) is 16.6. The number of aromatic nitrogens is 1. The molecule has 3 rings (SSSR count). The van der Waals surface area contributed by atoms with Crippen LogP contribution in [0.5, 0.6) is 0 Å². The first-order valence-electron chi connectivity index (χ1n) is 7.20. The SMILES string of the molecule is N#Cc1ccccc1NC(=O)c1ccc(-c2ncccc2Cl)cc1. The molecule has 0 spiro atoms. The fourth-order valence-corrected chi connectivity index (χ4v) is 2.49. The lowest BCUT2D eigenvalue weighted by Crippen LogP contribution is -2.12. The van der Waals surface area contributed by atoms with Crippen molar-refractivity contribution in [2.45, 2.75) is 0 Å². The molecule has 24 heavy (non-hydrogen) atoms. The van der Waals surface area contributed by atoms with Gasteiger partial charge in [-0.05, 0) is 36.4 Å². The van der Waals surface area contributed by atoms with Crippen molar-refractivity contribution in [3.63, 3.8) is 0 Å². The van der Waals surface area contributed by atoms with Crippen molar-refractivity contribution in [2.75, 3.05) is 5.32 Å². The first-order valence-corrected chi connectivity index (χ1v) is 7.58. The van der Waals surface area contributed by atoms with Crippen molar-refractivity contribution < 1.29 is 4.79 Å². The number of nitriles is 1. The second-order valence-electron chi connectivity index (χ2n) is 5.02. The highest BCUT2D eigenvalue weighted by Crippen LogP contribution is 2.25. The van der Waals surface area contributed by atoms with E-state index in [1.165, 1.54) is 0 Å². The molecule has 5 heteroatoms. The van der Waals surface area contributed by atoms with E-state index in [1.807, 2.05) is 0 Å². The predicted molar refractivity (Wildman–Crippen MR) is 93.8 cm³/mol. The van der Waals surface area contributed by atoms with Crippen LogP contribution in [0.15, 0.2) is 66.9 Å². The first-order chi connectivity index (χ1) is 11.7. The van der Waals surface area contributed by atoms with E-state index in [2.05, 4.69) is 16.4 Å². The molecule has 1 amide bonds. The van der Waals surface area contributed by atoms with Gasteiger partial charge in [0.1, 0.15) is 6.07 Å². The summed E-state index contributed by atoms with van der Waals surface area (Å²) in [5.74, 6) is -0.281. The maximum Gasteiger partial charge on any atom is 0.255 e. The number of amides is 1. The van der Waals surface area contributed by atoms with Gasteiger partial charge in [-0.1, -0.05) is 35.9 Å². The Balaban J connectivity index is 1.82. The molecule has 0 saturated carbocycles. The van der Waals surface area contributed by atoms with Crippen molar-refractivity contribution in [2.24, 2.45) is 0 Å². The number of rotatable bonds is 3. The van der Waals surface area contributed by atoms with Crippen LogP contribution in [0.1, 0.15) is 15.9 Å². The van der Waals surface area contributed by atoms with E-state index in [1.54, 1.807) is 66.9 Å². The molecule has 0 aliphatic carbocycles. The van der Waals surface area contributed by atoms with Crippen LogP contribution in [0.4, 0.5) is 5.69 Å². The van der Waals surface area contributed by atoms with Crippen LogP contribution in [0.25, 0.3) is 11.3 Å². The van der Waals surface area contributed by atoms with E-state index in [0.29, 0.717) is 27.5 Å². The molecular formula is C19H12ClN3O. The molecule has 0 unspecified atom stereocenters. The number of para-hydroxylation sites is 1. The number of anilines is 1. The average molecular weight is 334 g/mol. The molecule has 3 aromatic rings. The van der Waals surface area contributed by atoms with Crippen LogP contribution >= 0.6 is 11.6 Å². The Labute approximate surface area is 144 Å². The molecule has 0 aliphatic heterocycles. The van der Waals surface area contributed by atoms with Gasteiger partial charge in [-0.25, -0.2) is 0 Å². The lowest BCUT2D eigenvalue weighted by molar-refractivity contribution is 0.102. The Morgan fingerprint density at radius 2 is 1.79 bits per heavy atom. The minimum absolute atomic E-state index is 0.281. The minimum atomic E-state index is -0.281. The summed E-state index contributed by atoms with van der Waals surface area (Å²) in [5, 5.41) is 12.4. The topological polar surface area (TPSA) is 65.8 Å². The summed E-state index contributed by atoms with van der Waals surface area (Å²) < 4.78 is 0. The van der Waals surface area contributed by atoms with E-state index in [-0.39, 0.29) is 5.91 Å². The molecule has 0 saturated heterocycles. The van der Waals surface area contributed by atoms with E-state index in [9.17, 15) is 4.79 Å². The fraction of sp³-hybridized carbons (Fsp3) is 0. The zero-order valence-electron chi connectivity index (χ0n) is 12.5. The molecule has 0 atom stereocenters. The summed E-state index contributed by atoms with van der Waals surface area (Å²) in [5.41, 5.74) is 2.89. The molecule has 0 aliphatic rings. The highest BCUT2D eigenvalue weighted by Gasteiger charge is 2.10. The Hall–Kier alpha value is -3.16. The molecule has 2 aromatic carbocycles. The van der Waals surface area contributed by atoms with Gasteiger partial charge in [0.2, 0.25) is 0 Å². The molecule has 0 bridgehead atoms. The third kappa shape index (κ3) is 3.27. The van der Waals surface area contributed by atoms with Crippen molar-refractivity contribution in [3.05, 3.63) is 83.0 Å². The number of nitrogens with one attached hydrogen (secondary N) is 1. The first kappa shape index (κ1) is 15.7. The second kappa shape index (κ2) is 6.95. The van der Waals surface area contributed by atoms with Crippen molar-refractivity contribution in [1.82, 2.24) is 4.98 Å². The highest BCUT2D eigenvalue weighted by molar-refractivity contribution is 6.33. The Kier molecular flexibility index (Phi) is 4.55. The van der Waals surface area contributed by atoms with Gasteiger partial charge in [0.25, 0.3) is 5.91 Å². The van der Waals surface area contributed by atoms with Crippen molar-refractivity contribution in [1.29, 1.82) is 5.26 Å². The second-order valence-corrected chi connectivity index (χ2v) is 5.43. The third-order valence-electron chi connectivity index (χ3n) is 3.47. The van der Waals surface area contributed by atoms with E-state index < -0.39 is 0 Å². The van der Waals surface area contributed by atoms with Gasteiger partial charge < -0.3 is 5.32 Å². The van der Waals surface area contributed by atoms with Gasteiger partial charge in [0.15, 0.2) is 0 Å². The molecule has 1 aromatic heterocycles. The zero-order valence-corrected chi connectivity index (χ0v) is 13.3. The monoisotopic (exact) mass is 333 g/mol. The molecule has 1 N–H and O–H groups in total. The van der Waals surface area contributed by atoms with E-state index >= 15 is 0 Å². The van der Waals surface area contributed by atoms with Gasteiger partial charge in [-0.3, -0.25) is 9.78 Å². The van der Waals surface area contributed by atoms with Gasteiger partial charge in [-0.15, -0.1) is 0 Å². The molecule has 0 radical (unpaired) electrons. The maximum absolute atomic E-state index is 12.3. The van der Waals surface area contributed by atoms with Crippen LogP contribution in [0.3, 0.4) is 0 Å². The molecule has 4 nitrogen and oxygen atoms in total. The molecule has 0 fully saturated rings. The van der Waals surface area contributed by atoms with Gasteiger partial charge in [-0.2, -0.15) is 5.26 Å². The van der Waals surface area contributed by atoms with Crippen molar-refractivity contribution >= 4 is 23.2 Å². The van der Waals surface area contributed by atoms with Gasteiger partial charge >= 0.3 is 0 Å². The summed E-state index contributed by atoms with van der Waals surface area (Å²) in [6.07, 6.45) is 1.67. The van der Waals surface area contributed by atoms with Crippen LogP contribution < -0.4 is 5.32 Å². The number of carbonyl (C=O) groups excluding carboxylic acids is 1. The third-order valence-corrected chi connectivity index (χ3v) is 3.78.